The molecule has 0 bridgehead atoms. The molecule has 3 rings (SSSR count). The summed E-state index contributed by atoms with van der Waals surface area (Å²) in [5.74, 6) is 0.507. The van der Waals surface area contributed by atoms with Gasteiger partial charge in [-0.25, -0.2) is 0 Å². The molecule has 2 aliphatic heterocycles. The zero-order chi connectivity index (χ0) is 15.5. The van der Waals surface area contributed by atoms with E-state index in [0.29, 0.717) is 25.1 Å². The number of piperidine rings is 1. The fourth-order valence-electron chi connectivity index (χ4n) is 4.09. The first kappa shape index (κ1) is 15.7. The van der Waals surface area contributed by atoms with Gasteiger partial charge in [0.2, 0.25) is 5.91 Å². The standard InChI is InChI=1S/C16H26N2O4/c1-21-15(19)9-12-10-18(6-7-22-12)14-8-11-4-2-3-5-13(11)17-16(14)20/h11-14H,2-10H2,1H3,(H,17,20)/t11-,12+,13-,14+/m0/s1. The Kier molecular flexibility index (Phi) is 4.98. The number of methoxy groups -OCH3 is 1. The SMILES string of the molecule is COC(=O)C[C@@H]1CN([C@@H]2C[C@@H]3CCCC[C@@H]3NC2=O)CCO1. The molecule has 124 valence electrons. The van der Waals surface area contributed by atoms with Crippen LogP contribution in [0.3, 0.4) is 0 Å². The summed E-state index contributed by atoms with van der Waals surface area (Å²) in [6.45, 7) is 1.96. The van der Waals surface area contributed by atoms with Gasteiger partial charge < -0.3 is 14.8 Å². The fourth-order valence-corrected chi connectivity index (χ4v) is 4.09. The monoisotopic (exact) mass is 310 g/mol. The number of nitrogens with zero attached hydrogens (tertiary/aromatic N) is 1. The van der Waals surface area contributed by atoms with Crippen LogP contribution in [0.5, 0.6) is 0 Å². The average molecular weight is 310 g/mol. The Hall–Kier alpha value is -1.14. The highest BCUT2D eigenvalue weighted by Crippen LogP contribution is 2.33. The lowest BCUT2D eigenvalue weighted by atomic mass is 9.77. The number of fused-ring (bicyclic) bond motifs is 1. The first-order chi connectivity index (χ1) is 10.7. The van der Waals surface area contributed by atoms with Crippen molar-refractivity contribution in [2.45, 2.75) is 56.7 Å². The molecule has 2 saturated heterocycles. The molecule has 3 fully saturated rings. The van der Waals surface area contributed by atoms with Crippen LogP contribution in [-0.4, -0.2) is 61.8 Å². The third-order valence-electron chi connectivity index (χ3n) is 5.30. The zero-order valence-electron chi connectivity index (χ0n) is 13.3. The third-order valence-corrected chi connectivity index (χ3v) is 5.30. The van der Waals surface area contributed by atoms with Crippen LogP contribution in [-0.2, 0) is 19.1 Å². The first-order valence-corrected chi connectivity index (χ1v) is 8.40. The fraction of sp³-hybridized carbons (Fsp3) is 0.875. The van der Waals surface area contributed by atoms with Crippen molar-refractivity contribution >= 4 is 11.9 Å². The Labute approximate surface area is 131 Å². The molecule has 0 aromatic carbocycles. The Balaban J connectivity index is 1.60. The summed E-state index contributed by atoms with van der Waals surface area (Å²) in [7, 11) is 1.39. The second-order valence-corrected chi connectivity index (χ2v) is 6.68. The van der Waals surface area contributed by atoms with Gasteiger partial charge in [0, 0.05) is 19.1 Å². The Morgan fingerprint density at radius 1 is 1.41 bits per heavy atom. The van der Waals surface area contributed by atoms with Crippen LogP contribution in [0.1, 0.15) is 38.5 Å². The van der Waals surface area contributed by atoms with Crippen molar-refractivity contribution in [2.75, 3.05) is 26.8 Å². The van der Waals surface area contributed by atoms with E-state index in [9.17, 15) is 9.59 Å². The van der Waals surface area contributed by atoms with Gasteiger partial charge in [-0.2, -0.15) is 0 Å². The molecule has 1 saturated carbocycles. The van der Waals surface area contributed by atoms with Gasteiger partial charge in [-0.3, -0.25) is 14.5 Å². The quantitative estimate of drug-likeness (QED) is 0.777. The van der Waals surface area contributed by atoms with Gasteiger partial charge in [-0.15, -0.1) is 0 Å². The predicted molar refractivity (Wildman–Crippen MR) is 80.2 cm³/mol. The van der Waals surface area contributed by atoms with E-state index < -0.39 is 0 Å². The number of nitrogens with one attached hydrogen (secondary N) is 1. The van der Waals surface area contributed by atoms with E-state index in [1.807, 2.05) is 0 Å². The molecule has 0 radical (unpaired) electrons. The zero-order valence-corrected chi connectivity index (χ0v) is 13.3. The maximum absolute atomic E-state index is 12.4. The van der Waals surface area contributed by atoms with E-state index in [-0.39, 0.29) is 30.4 Å². The molecule has 22 heavy (non-hydrogen) atoms. The van der Waals surface area contributed by atoms with Gasteiger partial charge in [0.05, 0.1) is 32.3 Å². The normalized spacial score (nSPS) is 36.3. The van der Waals surface area contributed by atoms with E-state index >= 15 is 0 Å². The largest absolute Gasteiger partial charge is 0.469 e. The summed E-state index contributed by atoms with van der Waals surface area (Å²) >= 11 is 0. The molecule has 0 spiro atoms. The maximum atomic E-state index is 12.4. The molecular formula is C16H26N2O4. The Bertz CT molecular complexity index is 428. The molecular weight excluding hydrogens is 284 g/mol. The summed E-state index contributed by atoms with van der Waals surface area (Å²) in [5.41, 5.74) is 0. The van der Waals surface area contributed by atoms with E-state index in [4.69, 9.17) is 9.47 Å². The van der Waals surface area contributed by atoms with E-state index in [1.54, 1.807) is 0 Å². The number of rotatable bonds is 3. The van der Waals surface area contributed by atoms with Crippen LogP contribution < -0.4 is 5.32 Å². The molecule has 1 aliphatic carbocycles. The first-order valence-electron chi connectivity index (χ1n) is 8.40. The highest BCUT2D eigenvalue weighted by molar-refractivity contribution is 5.83. The number of esters is 1. The lowest BCUT2D eigenvalue weighted by Crippen LogP contribution is -2.61. The highest BCUT2D eigenvalue weighted by Gasteiger charge is 2.40. The molecule has 0 unspecified atom stereocenters. The van der Waals surface area contributed by atoms with Crippen molar-refractivity contribution in [3.8, 4) is 0 Å². The number of morpholine rings is 1. The molecule has 6 nitrogen and oxygen atoms in total. The lowest BCUT2D eigenvalue weighted by molar-refractivity contribution is -0.147. The molecule has 0 aromatic heterocycles. The van der Waals surface area contributed by atoms with Crippen LogP contribution >= 0.6 is 0 Å². The van der Waals surface area contributed by atoms with Gasteiger partial charge in [-0.05, 0) is 25.2 Å². The molecule has 6 heteroatoms. The predicted octanol–water partition coefficient (Wildman–Crippen LogP) is 0.698. The Morgan fingerprint density at radius 2 is 2.23 bits per heavy atom. The number of carbonyl (C=O) groups excluding carboxylic acids is 2. The average Bonchev–Trinajstić information content (AvgIpc) is 2.54. The number of amides is 1. The van der Waals surface area contributed by atoms with Crippen molar-refractivity contribution < 1.29 is 19.1 Å². The van der Waals surface area contributed by atoms with Crippen molar-refractivity contribution in [2.24, 2.45) is 5.92 Å². The maximum Gasteiger partial charge on any atom is 0.308 e. The molecule has 1 amide bonds. The third kappa shape index (κ3) is 3.43. The van der Waals surface area contributed by atoms with Crippen LogP contribution in [0.2, 0.25) is 0 Å². The van der Waals surface area contributed by atoms with Crippen molar-refractivity contribution in [1.82, 2.24) is 10.2 Å². The lowest BCUT2D eigenvalue weighted by Gasteiger charge is -2.45. The van der Waals surface area contributed by atoms with Gasteiger partial charge >= 0.3 is 5.97 Å². The molecule has 0 aromatic rings. The molecule has 4 atom stereocenters. The molecule has 2 heterocycles. The summed E-state index contributed by atoms with van der Waals surface area (Å²) in [6, 6.07) is 0.313. The highest BCUT2D eigenvalue weighted by atomic mass is 16.5. The molecule has 3 aliphatic rings. The van der Waals surface area contributed by atoms with Crippen LogP contribution in [0.15, 0.2) is 0 Å². The van der Waals surface area contributed by atoms with E-state index in [2.05, 4.69) is 10.2 Å². The van der Waals surface area contributed by atoms with Crippen molar-refractivity contribution in [1.29, 1.82) is 0 Å². The smallest absolute Gasteiger partial charge is 0.308 e. The van der Waals surface area contributed by atoms with Gasteiger partial charge in [0.15, 0.2) is 0 Å². The number of hydrogen-bond donors (Lipinski definition) is 1. The summed E-state index contributed by atoms with van der Waals surface area (Å²) in [6.07, 6.45) is 5.88. The number of ether oxygens (including phenoxy) is 2. The second kappa shape index (κ2) is 6.96. The van der Waals surface area contributed by atoms with Crippen LogP contribution in [0.4, 0.5) is 0 Å². The van der Waals surface area contributed by atoms with Crippen molar-refractivity contribution in [3.63, 3.8) is 0 Å². The van der Waals surface area contributed by atoms with Crippen LogP contribution in [0.25, 0.3) is 0 Å². The van der Waals surface area contributed by atoms with E-state index in [0.717, 1.165) is 19.4 Å². The van der Waals surface area contributed by atoms with Crippen molar-refractivity contribution in [3.05, 3.63) is 0 Å². The Morgan fingerprint density at radius 3 is 3.05 bits per heavy atom. The summed E-state index contributed by atoms with van der Waals surface area (Å²) in [4.78, 5) is 26.1. The van der Waals surface area contributed by atoms with Gasteiger partial charge in [0.1, 0.15) is 0 Å². The number of carbonyl (C=O) groups is 2. The summed E-state index contributed by atoms with van der Waals surface area (Å²) < 4.78 is 10.3. The van der Waals surface area contributed by atoms with Gasteiger partial charge in [-0.1, -0.05) is 12.8 Å². The minimum Gasteiger partial charge on any atom is -0.469 e. The molecule has 1 N–H and O–H groups in total. The van der Waals surface area contributed by atoms with Gasteiger partial charge in [0.25, 0.3) is 0 Å². The minimum absolute atomic E-state index is 0.0663. The minimum atomic E-state index is -0.257. The summed E-state index contributed by atoms with van der Waals surface area (Å²) in [5, 5.41) is 3.22. The van der Waals surface area contributed by atoms with E-state index in [1.165, 1.54) is 26.4 Å². The topological polar surface area (TPSA) is 67.9 Å². The van der Waals surface area contributed by atoms with Crippen LogP contribution in [0, 0.1) is 5.92 Å². The second-order valence-electron chi connectivity index (χ2n) is 6.68. The number of hydrogen-bond acceptors (Lipinski definition) is 5.